The van der Waals surface area contributed by atoms with Crippen LogP contribution in [-0.4, -0.2) is 22.6 Å². The Bertz CT molecular complexity index is 842. The van der Waals surface area contributed by atoms with E-state index in [0.717, 1.165) is 32.0 Å². The number of thiophene rings is 1. The maximum absolute atomic E-state index is 4.32. The number of aliphatic imine (C=N–C) groups is 1. The Balaban J connectivity index is 0.00000261. The highest BCUT2D eigenvalue weighted by molar-refractivity contribution is 14.0. The van der Waals surface area contributed by atoms with Crippen molar-refractivity contribution in [2.45, 2.75) is 33.0 Å². The molecule has 0 atom stereocenters. The summed E-state index contributed by atoms with van der Waals surface area (Å²) in [7, 11) is 1.80. The molecule has 7 heteroatoms. The second-order valence-electron chi connectivity index (χ2n) is 6.06. The molecule has 0 bridgehead atoms. The lowest BCUT2D eigenvalue weighted by molar-refractivity contribution is 0.788. The summed E-state index contributed by atoms with van der Waals surface area (Å²) in [5, 5.41) is 6.77. The number of aryl methyl sites for hydroxylation is 1. The summed E-state index contributed by atoms with van der Waals surface area (Å²) in [5.74, 6) is 0.816. The monoisotopic (exact) mass is 495 g/mol. The second-order valence-corrected chi connectivity index (χ2v) is 7.31. The van der Waals surface area contributed by atoms with Gasteiger partial charge in [-0.15, -0.1) is 35.3 Å². The van der Waals surface area contributed by atoms with Gasteiger partial charge in [-0.25, -0.2) is 4.98 Å². The maximum atomic E-state index is 4.32. The molecule has 2 aromatic heterocycles. The van der Waals surface area contributed by atoms with Gasteiger partial charge in [-0.1, -0.05) is 31.2 Å². The number of guanidine groups is 1. The van der Waals surface area contributed by atoms with Gasteiger partial charge in [0.05, 0.1) is 12.9 Å². The van der Waals surface area contributed by atoms with E-state index >= 15 is 0 Å². The first-order valence-corrected chi connectivity index (χ1v) is 9.64. The number of imidazole rings is 1. The van der Waals surface area contributed by atoms with E-state index in [1.54, 1.807) is 13.2 Å². The first-order valence-electron chi connectivity index (χ1n) is 8.82. The number of hydrogen-bond donors (Lipinski definition) is 2. The number of benzene rings is 1. The van der Waals surface area contributed by atoms with Gasteiger partial charge in [0.15, 0.2) is 5.96 Å². The van der Waals surface area contributed by atoms with E-state index in [4.69, 9.17) is 0 Å². The third-order valence-electron chi connectivity index (χ3n) is 4.10. The molecule has 0 unspecified atom stereocenters. The van der Waals surface area contributed by atoms with Crippen LogP contribution in [-0.2, 0) is 26.1 Å². The van der Waals surface area contributed by atoms with Crippen molar-refractivity contribution in [2.24, 2.45) is 4.99 Å². The van der Waals surface area contributed by atoms with Crippen molar-refractivity contribution in [3.05, 3.63) is 76.0 Å². The highest BCUT2D eigenvalue weighted by Gasteiger charge is 2.03. The Hall–Kier alpha value is -1.87. The summed E-state index contributed by atoms with van der Waals surface area (Å²) in [6, 6.07) is 13.0. The first kappa shape index (κ1) is 21.4. The average molecular weight is 495 g/mol. The van der Waals surface area contributed by atoms with Gasteiger partial charge in [-0.3, -0.25) is 4.99 Å². The van der Waals surface area contributed by atoms with E-state index < -0.39 is 0 Å². The number of hydrogen-bond acceptors (Lipinski definition) is 3. The highest BCUT2D eigenvalue weighted by Crippen LogP contribution is 2.16. The van der Waals surface area contributed by atoms with Crippen LogP contribution in [0.25, 0.3) is 0 Å². The molecule has 3 aromatic rings. The third-order valence-corrected chi connectivity index (χ3v) is 5.32. The molecule has 144 valence electrons. The minimum absolute atomic E-state index is 0. The van der Waals surface area contributed by atoms with Crippen LogP contribution < -0.4 is 10.6 Å². The van der Waals surface area contributed by atoms with Crippen LogP contribution >= 0.6 is 35.3 Å². The first-order chi connectivity index (χ1) is 12.8. The van der Waals surface area contributed by atoms with Gasteiger partial charge in [0.2, 0.25) is 0 Å². The van der Waals surface area contributed by atoms with Crippen molar-refractivity contribution in [3.8, 4) is 0 Å². The van der Waals surface area contributed by atoms with Gasteiger partial charge in [0, 0.05) is 42.3 Å². The number of rotatable bonds is 7. The smallest absolute Gasteiger partial charge is 0.191 e. The summed E-state index contributed by atoms with van der Waals surface area (Å²) in [6.07, 6.45) is 6.71. The minimum Gasteiger partial charge on any atom is -0.352 e. The average Bonchev–Trinajstić information content (AvgIpc) is 3.34. The predicted octanol–water partition coefficient (Wildman–Crippen LogP) is 4.04. The summed E-state index contributed by atoms with van der Waals surface area (Å²) in [5.41, 5.74) is 2.49. The molecule has 0 fully saturated rings. The molecule has 0 aliphatic carbocycles. The molecule has 0 aliphatic heterocycles. The summed E-state index contributed by atoms with van der Waals surface area (Å²) < 4.78 is 2.07. The number of nitrogens with zero attached hydrogens (tertiary/aromatic N) is 3. The van der Waals surface area contributed by atoms with E-state index in [1.807, 2.05) is 23.9 Å². The molecule has 3 rings (SSSR count). The molecule has 2 heterocycles. The van der Waals surface area contributed by atoms with Crippen LogP contribution in [0.3, 0.4) is 0 Å². The van der Waals surface area contributed by atoms with Crippen LogP contribution in [0.4, 0.5) is 0 Å². The summed E-state index contributed by atoms with van der Waals surface area (Å²) in [4.78, 5) is 11.1. The molecular formula is C20H26IN5S. The lowest BCUT2D eigenvalue weighted by Crippen LogP contribution is -2.36. The Morgan fingerprint density at radius 2 is 1.89 bits per heavy atom. The summed E-state index contributed by atoms with van der Waals surface area (Å²) in [6.45, 7) is 4.55. The Morgan fingerprint density at radius 3 is 2.59 bits per heavy atom. The Labute approximate surface area is 182 Å². The molecule has 0 saturated carbocycles. The fraction of sp³-hybridized carbons (Fsp3) is 0.300. The van der Waals surface area contributed by atoms with E-state index in [1.165, 1.54) is 20.9 Å². The predicted molar refractivity (Wildman–Crippen MR) is 124 cm³/mol. The number of aromatic nitrogens is 2. The van der Waals surface area contributed by atoms with E-state index in [0.29, 0.717) is 0 Å². The molecule has 0 radical (unpaired) electrons. The van der Waals surface area contributed by atoms with Gasteiger partial charge in [0.25, 0.3) is 0 Å². The normalized spacial score (nSPS) is 11.1. The molecule has 5 nitrogen and oxygen atoms in total. The minimum atomic E-state index is 0. The molecule has 0 amide bonds. The SMILES string of the molecule is CCc1ccc(CNC(=NC)NCc2cccc(Cn3ccnc3)c2)s1.I. The van der Waals surface area contributed by atoms with E-state index in [2.05, 4.69) is 68.5 Å². The van der Waals surface area contributed by atoms with Crippen LogP contribution in [0.2, 0.25) is 0 Å². The Morgan fingerprint density at radius 1 is 1.11 bits per heavy atom. The van der Waals surface area contributed by atoms with Gasteiger partial charge >= 0.3 is 0 Å². The maximum Gasteiger partial charge on any atom is 0.191 e. The van der Waals surface area contributed by atoms with Gasteiger partial charge in [-0.05, 0) is 29.7 Å². The molecule has 0 spiro atoms. The van der Waals surface area contributed by atoms with Crippen LogP contribution in [0.15, 0.2) is 60.1 Å². The lowest BCUT2D eigenvalue weighted by atomic mass is 10.1. The van der Waals surface area contributed by atoms with Crippen molar-refractivity contribution in [1.29, 1.82) is 0 Å². The quantitative estimate of drug-likeness (QED) is 0.296. The van der Waals surface area contributed by atoms with Crippen molar-refractivity contribution < 1.29 is 0 Å². The fourth-order valence-electron chi connectivity index (χ4n) is 2.71. The van der Waals surface area contributed by atoms with E-state index in [9.17, 15) is 0 Å². The van der Waals surface area contributed by atoms with Gasteiger partial charge in [-0.2, -0.15) is 0 Å². The van der Waals surface area contributed by atoms with Crippen LogP contribution in [0.5, 0.6) is 0 Å². The molecule has 0 aliphatic rings. The zero-order valence-corrected chi connectivity index (χ0v) is 18.8. The molecular weight excluding hydrogens is 469 g/mol. The lowest BCUT2D eigenvalue weighted by Gasteiger charge is -2.12. The van der Waals surface area contributed by atoms with Crippen LogP contribution in [0.1, 0.15) is 27.8 Å². The summed E-state index contributed by atoms with van der Waals surface area (Å²) >= 11 is 1.85. The Kier molecular flexibility index (Phi) is 8.80. The largest absolute Gasteiger partial charge is 0.352 e. The third kappa shape index (κ3) is 6.66. The van der Waals surface area contributed by atoms with Crippen molar-refractivity contribution in [3.63, 3.8) is 0 Å². The van der Waals surface area contributed by atoms with Crippen molar-refractivity contribution >= 4 is 41.3 Å². The second kappa shape index (κ2) is 11.1. The zero-order valence-electron chi connectivity index (χ0n) is 15.7. The molecule has 0 saturated heterocycles. The number of nitrogens with one attached hydrogen (secondary N) is 2. The fourth-order valence-corrected chi connectivity index (χ4v) is 3.61. The topological polar surface area (TPSA) is 54.2 Å². The molecule has 27 heavy (non-hydrogen) atoms. The molecule has 2 N–H and O–H groups in total. The van der Waals surface area contributed by atoms with Crippen LogP contribution in [0, 0.1) is 0 Å². The zero-order chi connectivity index (χ0) is 18.2. The van der Waals surface area contributed by atoms with Crippen molar-refractivity contribution in [2.75, 3.05) is 7.05 Å². The van der Waals surface area contributed by atoms with Gasteiger partial charge in [0.1, 0.15) is 0 Å². The van der Waals surface area contributed by atoms with Gasteiger partial charge < -0.3 is 15.2 Å². The van der Waals surface area contributed by atoms with E-state index in [-0.39, 0.29) is 24.0 Å². The highest BCUT2D eigenvalue weighted by atomic mass is 127. The molecule has 1 aromatic carbocycles. The number of halogens is 1. The van der Waals surface area contributed by atoms with Crippen molar-refractivity contribution in [1.82, 2.24) is 20.2 Å². The standard InChI is InChI=1S/C20H25N5S.HI/c1-3-18-7-8-19(26-18)13-24-20(21-2)23-12-16-5-4-6-17(11-16)14-25-10-9-22-15-25;/h4-11,15H,3,12-14H2,1-2H3,(H2,21,23,24);1H.